The molecule has 1 fully saturated rings. The molecule has 4 heterocycles. The number of nitrogens with two attached hydrogens (primary N) is 1. The van der Waals surface area contributed by atoms with Gasteiger partial charge in [-0.15, -0.1) is 33.3 Å². The topological polar surface area (TPSA) is 178 Å². The van der Waals surface area contributed by atoms with Crippen LogP contribution in [0.4, 0.5) is 5.13 Å². The maximum absolute atomic E-state index is 12.9. The van der Waals surface area contributed by atoms with Crippen LogP contribution in [0.2, 0.25) is 0 Å². The zero-order valence-corrected chi connectivity index (χ0v) is 25.1. The van der Waals surface area contributed by atoms with Gasteiger partial charge in [0.1, 0.15) is 23.7 Å². The molecule has 0 bridgehead atoms. The summed E-state index contributed by atoms with van der Waals surface area (Å²) in [5, 5.41) is 22.5. The van der Waals surface area contributed by atoms with Crippen molar-refractivity contribution in [2.24, 2.45) is 0 Å². The van der Waals surface area contributed by atoms with Crippen LogP contribution >= 0.6 is 58.0 Å². The molecule has 2 aliphatic heterocycles. The number of amides is 2. The van der Waals surface area contributed by atoms with Crippen molar-refractivity contribution >= 4 is 86.8 Å². The Bertz CT molecular complexity index is 1490. The summed E-state index contributed by atoms with van der Waals surface area (Å²) in [5.74, 6) is -1.19. The van der Waals surface area contributed by atoms with E-state index in [9.17, 15) is 24.3 Å². The molecule has 17 heteroatoms. The highest BCUT2D eigenvalue weighted by Gasteiger charge is 2.54. The number of nitrogens with one attached hydrogen (secondary N) is 1. The Balaban J connectivity index is 1.11. The average molecular weight is 651 g/mol. The van der Waals surface area contributed by atoms with Crippen LogP contribution in [0.25, 0.3) is 0 Å². The molecule has 0 spiro atoms. The molecule has 1 saturated heterocycles. The number of carbonyl (C=O) groups is 4. The van der Waals surface area contributed by atoms with Gasteiger partial charge in [-0.2, -0.15) is 0 Å². The van der Waals surface area contributed by atoms with Crippen LogP contribution in [0.5, 0.6) is 0 Å². The number of carboxylic acids is 1. The van der Waals surface area contributed by atoms with E-state index in [1.165, 1.54) is 62.9 Å². The van der Waals surface area contributed by atoms with Crippen molar-refractivity contribution in [1.82, 2.24) is 25.4 Å². The van der Waals surface area contributed by atoms with Crippen LogP contribution < -0.4 is 11.1 Å². The number of hydrogen-bond acceptors (Lipinski definition) is 14. The number of aliphatic carboxylic acids is 1. The highest BCUT2D eigenvalue weighted by molar-refractivity contribution is 8.03. The van der Waals surface area contributed by atoms with E-state index in [2.05, 4.69) is 20.5 Å². The Morgan fingerprint density at radius 2 is 1.93 bits per heavy atom. The summed E-state index contributed by atoms with van der Waals surface area (Å²) in [6, 6.07) is 7.95. The SMILES string of the molecule is Nc1nc(CC(=O)NC2C(=O)N3C(C(=O)O)=C(CSc4nnc(SCCOC(=O)c5ccccc5)s4)CS[C@H]23)cs1. The second kappa shape index (κ2) is 13.2. The fraction of sp³-hybridized carbons (Fsp3) is 0.292. The van der Waals surface area contributed by atoms with Gasteiger partial charge >= 0.3 is 11.9 Å². The zero-order chi connectivity index (χ0) is 28.9. The first-order valence-electron chi connectivity index (χ1n) is 12.0. The van der Waals surface area contributed by atoms with Crippen molar-refractivity contribution in [1.29, 1.82) is 0 Å². The van der Waals surface area contributed by atoms with Crippen molar-refractivity contribution in [3.63, 3.8) is 0 Å². The van der Waals surface area contributed by atoms with Crippen LogP contribution in [-0.2, 0) is 25.5 Å². The number of carboxylic acid groups (broad SMARTS) is 1. The molecule has 0 radical (unpaired) electrons. The predicted molar refractivity (Wildman–Crippen MR) is 158 cm³/mol. The summed E-state index contributed by atoms with van der Waals surface area (Å²) in [7, 11) is 0. The monoisotopic (exact) mass is 650 g/mol. The summed E-state index contributed by atoms with van der Waals surface area (Å²) in [6.07, 6.45) is -0.0145. The van der Waals surface area contributed by atoms with Gasteiger partial charge in [0.05, 0.1) is 17.7 Å². The van der Waals surface area contributed by atoms with Crippen LogP contribution in [0.3, 0.4) is 0 Å². The molecule has 1 unspecified atom stereocenters. The van der Waals surface area contributed by atoms with Gasteiger partial charge < -0.3 is 20.9 Å². The highest BCUT2D eigenvalue weighted by Crippen LogP contribution is 2.42. The molecule has 1 aromatic carbocycles. The minimum absolute atomic E-state index is 0.0145. The number of thioether (sulfide) groups is 3. The van der Waals surface area contributed by atoms with E-state index in [0.717, 1.165) is 0 Å². The lowest BCUT2D eigenvalue weighted by atomic mass is 10.0. The Hall–Kier alpha value is -3.12. The van der Waals surface area contributed by atoms with Crippen LogP contribution in [0.1, 0.15) is 16.1 Å². The Morgan fingerprint density at radius 1 is 1.17 bits per heavy atom. The summed E-state index contributed by atoms with van der Waals surface area (Å²) in [4.78, 5) is 54.7. The van der Waals surface area contributed by atoms with Gasteiger partial charge in [0.25, 0.3) is 5.91 Å². The van der Waals surface area contributed by atoms with Gasteiger partial charge in [-0.05, 0) is 17.7 Å². The molecule has 214 valence electrons. The van der Waals surface area contributed by atoms with Crippen molar-refractivity contribution in [3.8, 4) is 0 Å². The molecule has 2 atom stereocenters. The van der Waals surface area contributed by atoms with Crippen LogP contribution in [0.15, 0.2) is 55.7 Å². The lowest BCUT2D eigenvalue weighted by Gasteiger charge is -2.49. The number of fused-ring (bicyclic) bond motifs is 1. The lowest BCUT2D eigenvalue weighted by molar-refractivity contribution is -0.150. The molecule has 2 amide bonds. The van der Waals surface area contributed by atoms with E-state index in [1.54, 1.807) is 29.6 Å². The Morgan fingerprint density at radius 3 is 2.63 bits per heavy atom. The lowest BCUT2D eigenvalue weighted by Crippen LogP contribution is -2.70. The van der Waals surface area contributed by atoms with Gasteiger partial charge in [-0.1, -0.05) is 53.1 Å². The van der Waals surface area contributed by atoms with E-state index in [-0.39, 0.29) is 30.6 Å². The number of nitrogens with zero attached hydrogens (tertiary/aromatic N) is 4. The fourth-order valence-electron chi connectivity index (χ4n) is 3.97. The quantitative estimate of drug-likeness (QED) is 0.113. The number of benzene rings is 1. The highest BCUT2D eigenvalue weighted by atomic mass is 32.2. The molecule has 3 aromatic rings. The number of rotatable bonds is 12. The Kier molecular flexibility index (Phi) is 9.49. The number of anilines is 1. The number of nitrogen functional groups attached to an aromatic ring is 1. The maximum Gasteiger partial charge on any atom is 0.352 e. The number of β-lactam (4-membered cyclic amide) rings is 1. The number of thiazole rings is 1. The standard InChI is InChI=1S/C24H22N6O6S5/c25-22-26-14(11-39-22)8-15(31)27-16-18(32)30-17(20(33)34)13(9-38-19(16)30)10-40-24-29-28-23(41-24)37-7-6-36-21(35)12-4-2-1-3-5-12/h1-5,11,16,19H,6-10H2,(H2,25,26)(H,27,31)(H,33,34)/t16?,19-/m1/s1. The summed E-state index contributed by atoms with van der Waals surface area (Å²) >= 11 is 6.74. The molecule has 0 aliphatic carbocycles. The van der Waals surface area contributed by atoms with Gasteiger partial charge in [0.15, 0.2) is 13.8 Å². The van der Waals surface area contributed by atoms with E-state index in [4.69, 9.17) is 10.5 Å². The third-order valence-corrected chi connectivity index (χ3v) is 11.1. The number of ether oxygens (including phenoxy) is 1. The van der Waals surface area contributed by atoms with Gasteiger partial charge in [0.2, 0.25) is 5.91 Å². The number of hydrogen-bond donors (Lipinski definition) is 3. The Labute approximate surface area is 254 Å². The molecule has 5 rings (SSSR count). The second-order valence-corrected chi connectivity index (χ2v) is 14.1. The smallest absolute Gasteiger partial charge is 0.352 e. The molecule has 41 heavy (non-hydrogen) atoms. The average Bonchev–Trinajstić information content (AvgIpc) is 3.60. The molecular formula is C24H22N6O6S5. The van der Waals surface area contributed by atoms with Gasteiger partial charge in [0, 0.05) is 22.6 Å². The number of aromatic nitrogens is 3. The van der Waals surface area contributed by atoms with E-state index in [1.807, 2.05) is 6.07 Å². The summed E-state index contributed by atoms with van der Waals surface area (Å²) in [6.45, 7) is 0.221. The van der Waals surface area contributed by atoms with Crippen molar-refractivity contribution in [3.05, 3.63) is 58.2 Å². The first kappa shape index (κ1) is 29.4. The van der Waals surface area contributed by atoms with E-state index < -0.39 is 23.3 Å². The molecule has 2 aromatic heterocycles. The van der Waals surface area contributed by atoms with Crippen LogP contribution in [0, 0.1) is 0 Å². The van der Waals surface area contributed by atoms with E-state index in [0.29, 0.717) is 47.9 Å². The number of carbonyl (C=O) groups excluding carboxylic acids is 3. The van der Waals surface area contributed by atoms with Crippen LogP contribution in [-0.4, -0.2) is 84.2 Å². The summed E-state index contributed by atoms with van der Waals surface area (Å²) in [5.41, 5.74) is 7.15. The van der Waals surface area contributed by atoms with Gasteiger partial charge in [-0.3, -0.25) is 14.5 Å². The van der Waals surface area contributed by atoms with Gasteiger partial charge in [-0.25, -0.2) is 14.6 Å². The fourth-order valence-corrected chi connectivity index (χ4v) is 8.93. The molecule has 12 nitrogen and oxygen atoms in total. The normalized spacial score (nSPS) is 18.0. The largest absolute Gasteiger partial charge is 0.477 e. The van der Waals surface area contributed by atoms with Crippen molar-refractivity contribution in [2.45, 2.75) is 26.5 Å². The molecule has 2 aliphatic rings. The second-order valence-electron chi connectivity index (χ2n) is 8.54. The molecule has 0 saturated carbocycles. The summed E-state index contributed by atoms with van der Waals surface area (Å²) < 4.78 is 6.63. The first-order valence-corrected chi connectivity index (χ1v) is 16.7. The minimum Gasteiger partial charge on any atom is -0.477 e. The third kappa shape index (κ3) is 7.03. The van der Waals surface area contributed by atoms with E-state index >= 15 is 0 Å². The van der Waals surface area contributed by atoms with Crippen molar-refractivity contribution < 1.29 is 29.0 Å². The minimum atomic E-state index is -1.19. The third-order valence-electron chi connectivity index (χ3n) is 5.79. The van der Waals surface area contributed by atoms with Crippen molar-refractivity contribution in [2.75, 3.05) is 29.6 Å². The molecule has 4 N–H and O–H groups in total. The molecular weight excluding hydrogens is 629 g/mol. The first-order chi connectivity index (χ1) is 19.8. The predicted octanol–water partition coefficient (Wildman–Crippen LogP) is 2.60. The zero-order valence-electron chi connectivity index (χ0n) is 21.1. The number of esters is 1. The maximum atomic E-state index is 12.9.